The fourth-order valence-corrected chi connectivity index (χ4v) is 3.97. The average Bonchev–Trinajstić information content (AvgIpc) is 3.24. The van der Waals surface area contributed by atoms with E-state index in [1.165, 1.54) is 0 Å². The summed E-state index contributed by atoms with van der Waals surface area (Å²) in [6.45, 7) is 2.79. The van der Waals surface area contributed by atoms with Gasteiger partial charge in [0.15, 0.2) is 0 Å². The predicted octanol–water partition coefficient (Wildman–Crippen LogP) is 2.95. The molecule has 0 saturated carbocycles. The van der Waals surface area contributed by atoms with Crippen LogP contribution in [0.1, 0.15) is 34.6 Å². The van der Waals surface area contributed by atoms with Crippen LogP contribution in [0.2, 0.25) is 0 Å². The molecule has 1 aromatic heterocycles. The molecule has 2 heterocycles. The van der Waals surface area contributed by atoms with E-state index in [2.05, 4.69) is 15.2 Å². The second kappa shape index (κ2) is 10.3. The maximum atomic E-state index is 12.6. The number of amides is 2. The van der Waals surface area contributed by atoms with Gasteiger partial charge in [0.25, 0.3) is 5.91 Å². The first kappa shape index (κ1) is 22.5. The second-order valence-electron chi connectivity index (χ2n) is 8.40. The highest BCUT2D eigenvalue weighted by Gasteiger charge is 2.23. The van der Waals surface area contributed by atoms with Crippen LogP contribution in [0, 0.1) is 5.92 Å². The summed E-state index contributed by atoms with van der Waals surface area (Å²) in [5.74, 6) is 1.04. The topological polar surface area (TPSA) is 102 Å². The molecule has 0 unspecified atom stereocenters. The molecule has 0 radical (unpaired) electrons. The first-order valence-electron chi connectivity index (χ1n) is 11.1. The third-order valence-electron chi connectivity index (χ3n) is 5.93. The van der Waals surface area contributed by atoms with Crippen LogP contribution in [0.15, 0.2) is 60.9 Å². The van der Waals surface area contributed by atoms with Crippen molar-refractivity contribution in [3.05, 3.63) is 77.9 Å². The molecule has 0 bridgehead atoms. The predicted molar refractivity (Wildman–Crippen MR) is 126 cm³/mol. The average molecular weight is 448 g/mol. The zero-order valence-corrected chi connectivity index (χ0v) is 18.7. The summed E-state index contributed by atoms with van der Waals surface area (Å²) in [5.41, 5.74) is 7.88. The number of imidazole rings is 1. The van der Waals surface area contributed by atoms with Crippen molar-refractivity contribution in [3.63, 3.8) is 0 Å². The lowest BCUT2D eigenvalue weighted by Gasteiger charge is -2.31. The van der Waals surface area contributed by atoms with E-state index in [0.29, 0.717) is 24.5 Å². The molecule has 1 aliphatic rings. The van der Waals surface area contributed by atoms with E-state index in [0.717, 1.165) is 43.0 Å². The number of ether oxygens (including phenoxy) is 1. The minimum absolute atomic E-state index is 0.0658. The number of nitrogens with one attached hydrogen (secondary N) is 1. The van der Waals surface area contributed by atoms with E-state index >= 15 is 0 Å². The van der Waals surface area contributed by atoms with Crippen LogP contribution >= 0.6 is 0 Å². The van der Waals surface area contributed by atoms with Crippen LogP contribution in [0.25, 0.3) is 0 Å². The molecule has 172 valence electrons. The molecule has 3 aromatic rings. The summed E-state index contributed by atoms with van der Waals surface area (Å²) in [6.07, 6.45) is 5.44. The van der Waals surface area contributed by atoms with Gasteiger partial charge in [-0.25, -0.2) is 4.98 Å². The Morgan fingerprint density at radius 2 is 1.91 bits per heavy atom. The van der Waals surface area contributed by atoms with E-state index < -0.39 is 0 Å². The van der Waals surface area contributed by atoms with E-state index in [1.54, 1.807) is 30.5 Å². The van der Waals surface area contributed by atoms with Crippen molar-refractivity contribution in [3.8, 4) is 5.75 Å². The van der Waals surface area contributed by atoms with Crippen LogP contribution in [-0.2, 0) is 25.0 Å². The Balaban J connectivity index is 1.28. The number of hydrogen-bond donors (Lipinski definition) is 2. The Kier molecular flexibility index (Phi) is 7.04. The number of aryl methyl sites for hydroxylation is 1. The number of primary amides is 1. The van der Waals surface area contributed by atoms with Crippen LogP contribution in [0.5, 0.6) is 5.75 Å². The van der Waals surface area contributed by atoms with Gasteiger partial charge in [-0.05, 0) is 61.3 Å². The highest BCUT2D eigenvalue weighted by molar-refractivity contribution is 6.04. The summed E-state index contributed by atoms with van der Waals surface area (Å²) >= 11 is 0. The summed E-state index contributed by atoms with van der Waals surface area (Å²) in [4.78, 5) is 30.6. The molecule has 0 spiro atoms. The van der Waals surface area contributed by atoms with Gasteiger partial charge in [0.1, 0.15) is 18.2 Å². The lowest BCUT2D eigenvalue weighted by Crippen LogP contribution is -2.40. The lowest BCUT2D eigenvalue weighted by atomic mass is 9.97. The van der Waals surface area contributed by atoms with Gasteiger partial charge >= 0.3 is 0 Å². The van der Waals surface area contributed by atoms with Crippen molar-refractivity contribution < 1.29 is 14.3 Å². The van der Waals surface area contributed by atoms with Crippen LogP contribution in [-0.4, -0.2) is 39.4 Å². The molecule has 1 saturated heterocycles. The number of carbonyl (C=O) groups is 2. The van der Waals surface area contributed by atoms with Gasteiger partial charge < -0.3 is 20.4 Å². The Hall–Kier alpha value is -3.65. The van der Waals surface area contributed by atoms with Crippen LogP contribution in [0.4, 0.5) is 5.69 Å². The van der Waals surface area contributed by atoms with Crippen molar-refractivity contribution in [1.29, 1.82) is 0 Å². The second-order valence-corrected chi connectivity index (χ2v) is 8.40. The maximum absolute atomic E-state index is 12.6. The Bertz CT molecular complexity index is 1090. The number of nitrogens with two attached hydrogens (primary N) is 1. The van der Waals surface area contributed by atoms with Gasteiger partial charge in [-0.1, -0.05) is 12.1 Å². The largest absolute Gasteiger partial charge is 0.486 e. The summed E-state index contributed by atoms with van der Waals surface area (Å²) < 4.78 is 7.63. The quantitative estimate of drug-likeness (QED) is 0.553. The molecule has 1 atom stereocenters. The van der Waals surface area contributed by atoms with E-state index in [9.17, 15) is 9.59 Å². The molecular weight excluding hydrogens is 418 g/mol. The number of rotatable bonds is 8. The SMILES string of the molecule is Cn1ccnc1COc1ccc(C(=O)Nc2ccc(CN3CCC[C@@H](C(N)=O)C3)cc2)cc1. The fraction of sp³-hybridized carbons (Fsp3) is 0.320. The van der Waals surface area contributed by atoms with Gasteiger partial charge in [-0.3, -0.25) is 14.5 Å². The van der Waals surface area contributed by atoms with Gasteiger partial charge in [-0.2, -0.15) is 0 Å². The highest BCUT2D eigenvalue weighted by atomic mass is 16.5. The smallest absolute Gasteiger partial charge is 0.255 e. The molecule has 8 heteroatoms. The standard InChI is InChI=1S/C25H29N5O3/c1-29-14-12-27-23(29)17-33-22-10-6-19(7-11-22)25(32)28-21-8-4-18(5-9-21)15-30-13-2-3-20(16-30)24(26)31/h4-12,14,20H,2-3,13,15-17H2,1H3,(H2,26,31)(H,28,32)/t20-/m1/s1. The number of aromatic nitrogens is 2. The number of anilines is 1. The molecular formula is C25H29N5O3. The van der Waals surface area contributed by atoms with E-state index in [4.69, 9.17) is 10.5 Å². The van der Waals surface area contributed by atoms with Crippen molar-refractivity contribution in [2.45, 2.75) is 26.0 Å². The van der Waals surface area contributed by atoms with Crippen LogP contribution in [0.3, 0.4) is 0 Å². The Labute approximate surface area is 193 Å². The van der Waals surface area contributed by atoms with Crippen molar-refractivity contribution >= 4 is 17.5 Å². The molecule has 2 amide bonds. The third kappa shape index (κ3) is 5.98. The van der Waals surface area contributed by atoms with Crippen LogP contribution < -0.4 is 15.8 Å². The summed E-state index contributed by atoms with van der Waals surface area (Å²) in [6, 6.07) is 14.8. The number of piperidine rings is 1. The van der Waals surface area contributed by atoms with E-state index in [1.807, 2.05) is 42.1 Å². The normalized spacial score (nSPS) is 16.3. The van der Waals surface area contributed by atoms with Gasteiger partial charge in [0.05, 0.1) is 5.92 Å². The number of likely N-dealkylation sites (tertiary alicyclic amines) is 1. The monoisotopic (exact) mass is 447 g/mol. The number of carbonyl (C=O) groups excluding carboxylic acids is 2. The lowest BCUT2D eigenvalue weighted by molar-refractivity contribution is -0.123. The molecule has 3 N–H and O–H groups in total. The molecule has 1 fully saturated rings. The fourth-order valence-electron chi connectivity index (χ4n) is 3.97. The summed E-state index contributed by atoms with van der Waals surface area (Å²) in [5, 5.41) is 2.92. The number of hydrogen-bond acceptors (Lipinski definition) is 5. The zero-order chi connectivity index (χ0) is 23.2. The van der Waals surface area contributed by atoms with Crippen molar-refractivity contribution in [2.75, 3.05) is 18.4 Å². The van der Waals surface area contributed by atoms with Gasteiger partial charge in [0, 0.05) is 43.8 Å². The molecule has 8 nitrogen and oxygen atoms in total. The third-order valence-corrected chi connectivity index (χ3v) is 5.93. The minimum Gasteiger partial charge on any atom is -0.486 e. The highest BCUT2D eigenvalue weighted by Crippen LogP contribution is 2.20. The molecule has 0 aliphatic carbocycles. The van der Waals surface area contributed by atoms with Gasteiger partial charge in [0.2, 0.25) is 5.91 Å². The van der Waals surface area contributed by atoms with Gasteiger partial charge in [-0.15, -0.1) is 0 Å². The first-order chi connectivity index (χ1) is 16.0. The zero-order valence-electron chi connectivity index (χ0n) is 18.7. The molecule has 2 aromatic carbocycles. The minimum atomic E-state index is -0.217. The Morgan fingerprint density at radius 3 is 2.58 bits per heavy atom. The Morgan fingerprint density at radius 1 is 1.15 bits per heavy atom. The van der Waals surface area contributed by atoms with Crippen molar-refractivity contribution in [2.24, 2.45) is 18.7 Å². The number of nitrogens with zero attached hydrogens (tertiary/aromatic N) is 3. The van der Waals surface area contributed by atoms with Crippen molar-refractivity contribution in [1.82, 2.24) is 14.5 Å². The molecule has 4 rings (SSSR count). The maximum Gasteiger partial charge on any atom is 0.255 e. The molecule has 1 aliphatic heterocycles. The summed E-state index contributed by atoms with van der Waals surface area (Å²) in [7, 11) is 1.92. The first-order valence-corrected chi connectivity index (χ1v) is 11.1. The van der Waals surface area contributed by atoms with E-state index in [-0.39, 0.29) is 17.7 Å². The molecule has 33 heavy (non-hydrogen) atoms. The number of benzene rings is 2.